The lowest BCUT2D eigenvalue weighted by Gasteiger charge is -2.28. The zero-order chi connectivity index (χ0) is 15.3. The molecule has 1 heterocycles. The van der Waals surface area contributed by atoms with Crippen molar-refractivity contribution in [2.45, 2.75) is 26.1 Å². The molecule has 6 nitrogen and oxygen atoms in total. The van der Waals surface area contributed by atoms with Gasteiger partial charge in [-0.05, 0) is 13.8 Å². The van der Waals surface area contributed by atoms with Crippen LogP contribution < -0.4 is 16.2 Å². The second-order valence-electron chi connectivity index (χ2n) is 4.36. The third kappa shape index (κ3) is 4.20. The van der Waals surface area contributed by atoms with Gasteiger partial charge in [0.05, 0.1) is 6.61 Å². The van der Waals surface area contributed by atoms with Crippen LogP contribution in [0.3, 0.4) is 0 Å². The Morgan fingerprint density at radius 2 is 2.05 bits per heavy atom. The van der Waals surface area contributed by atoms with Gasteiger partial charge < -0.3 is 15.1 Å². The van der Waals surface area contributed by atoms with Crippen molar-refractivity contribution in [1.82, 2.24) is 9.97 Å². The number of aromatic nitrogens is 2. The minimum atomic E-state index is -4.63. The molecule has 20 heavy (non-hydrogen) atoms. The van der Waals surface area contributed by atoms with E-state index in [2.05, 4.69) is 15.4 Å². The summed E-state index contributed by atoms with van der Waals surface area (Å²) in [4.78, 5) is 8.56. The second-order valence-corrected chi connectivity index (χ2v) is 4.36. The number of hydrogen-bond acceptors (Lipinski definition) is 6. The van der Waals surface area contributed by atoms with Crippen molar-refractivity contribution in [3.8, 4) is 0 Å². The Hall–Kier alpha value is -1.61. The van der Waals surface area contributed by atoms with Crippen molar-refractivity contribution in [2.24, 2.45) is 5.84 Å². The Balaban J connectivity index is 3.19. The molecule has 114 valence electrons. The minimum absolute atomic E-state index is 0.0493. The number of hydrazine groups is 1. The molecule has 0 fully saturated rings. The smallest absolute Gasteiger partial charge is 0.383 e. The predicted octanol–water partition coefficient (Wildman–Crippen LogP) is 1.64. The minimum Gasteiger partial charge on any atom is -0.383 e. The van der Waals surface area contributed by atoms with E-state index in [1.54, 1.807) is 4.90 Å². The number of ether oxygens (including phenoxy) is 1. The lowest BCUT2D eigenvalue weighted by atomic mass is 10.3. The van der Waals surface area contributed by atoms with E-state index in [9.17, 15) is 13.2 Å². The van der Waals surface area contributed by atoms with Crippen LogP contribution >= 0.6 is 0 Å². The van der Waals surface area contributed by atoms with Gasteiger partial charge in [0.1, 0.15) is 11.6 Å². The van der Waals surface area contributed by atoms with E-state index in [0.29, 0.717) is 13.2 Å². The molecular formula is C11H18F3N5O. The van der Waals surface area contributed by atoms with E-state index in [1.807, 2.05) is 13.8 Å². The normalized spacial score (nSPS) is 11.8. The van der Waals surface area contributed by atoms with Gasteiger partial charge in [-0.3, -0.25) is 0 Å². The van der Waals surface area contributed by atoms with Gasteiger partial charge in [0.25, 0.3) is 0 Å². The molecular weight excluding hydrogens is 275 g/mol. The third-order valence-electron chi connectivity index (χ3n) is 2.57. The van der Waals surface area contributed by atoms with E-state index in [1.165, 1.54) is 13.2 Å². The number of nitrogens with one attached hydrogen (secondary N) is 1. The zero-order valence-corrected chi connectivity index (χ0v) is 11.5. The van der Waals surface area contributed by atoms with Gasteiger partial charge in [0, 0.05) is 25.8 Å². The highest BCUT2D eigenvalue weighted by atomic mass is 19.4. The summed E-state index contributed by atoms with van der Waals surface area (Å²) in [5, 5.41) is 0. The summed E-state index contributed by atoms with van der Waals surface area (Å²) in [5.74, 6) is 3.98. The number of hydrogen-bond donors (Lipinski definition) is 2. The van der Waals surface area contributed by atoms with Gasteiger partial charge in [-0.25, -0.2) is 15.8 Å². The number of halogens is 3. The summed E-state index contributed by atoms with van der Waals surface area (Å²) >= 11 is 0. The van der Waals surface area contributed by atoms with Crippen molar-refractivity contribution in [3.05, 3.63) is 11.9 Å². The molecule has 0 bridgehead atoms. The average molecular weight is 293 g/mol. The molecule has 1 rings (SSSR count). The van der Waals surface area contributed by atoms with Gasteiger partial charge >= 0.3 is 6.18 Å². The monoisotopic (exact) mass is 293 g/mol. The first-order chi connectivity index (χ1) is 9.29. The van der Waals surface area contributed by atoms with Crippen LogP contribution in [0.5, 0.6) is 0 Å². The number of nitrogen functional groups attached to an aromatic ring is 1. The fourth-order valence-corrected chi connectivity index (χ4v) is 1.61. The molecule has 0 radical (unpaired) electrons. The van der Waals surface area contributed by atoms with Crippen LogP contribution in [-0.2, 0) is 10.9 Å². The van der Waals surface area contributed by atoms with Gasteiger partial charge in [0.2, 0.25) is 5.82 Å². The predicted molar refractivity (Wildman–Crippen MR) is 69.2 cm³/mol. The molecule has 0 amide bonds. The van der Waals surface area contributed by atoms with Gasteiger partial charge in [0.15, 0.2) is 0 Å². The fraction of sp³-hybridized carbons (Fsp3) is 0.636. The number of alkyl halides is 3. The maximum absolute atomic E-state index is 12.8. The number of anilines is 2. The van der Waals surface area contributed by atoms with E-state index in [-0.39, 0.29) is 17.7 Å². The van der Waals surface area contributed by atoms with E-state index in [4.69, 9.17) is 10.6 Å². The lowest BCUT2D eigenvalue weighted by molar-refractivity contribution is -0.144. The van der Waals surface area contributed by atoms with Crippen LogP contribution in [-0.4, -0.2) is 36.3 Å². The van der Waals surface area contributed by atoms with Gasteiger partial charge in [-0.2, -0.15) is 13.2 Å². The van der Waals surface area contributed by atoms with E-state index in [0.717, 1.165) is 0 Å². The SMILES string of the molecule is COCCN(c1cc(NN)nc(C(F)(F)F)n1)C(C)C. The summed E-state index contributed by atoms with van der Waals surface area (Å²) in [6, 6.07) is 1.32. The standard InChI is InChI=1S/C11H18F3N5O/c1-7(2)19(4-5-20-3)9-6-8(18-15)16-10(17-9)11(12,13)14/h6-7H,4-5,15H2,1-3H3,(H,16,17,18). The van der Waals surface area contributed by atoms with Crippen molar-refractivity contribution < 1.29 is 17.9 Å². The summed E-state index contributed by atoms with van der Waals surface area (Å²) in [6.45, 7) is 4.47. The van der Waals surface area contributed by atoms with E-state index < -0.39 is 12.0 Å². The molecule has 0 aromatic carbocycles. The molecule has 1 aromatic rings. The molecule has 3 N–H and O–H groups in total. The van der Waals surface area contributed by atoms with Crippen LogP contribution in [0.1, 0.15) is 19.7 Å². The second kappa shape index (κ2) is 6.71. The number of nitrogens with two attached hydrogens (primary N) is 1. The molecule has 0 atom stereocenters. The third-order valence-corrected chi connectivity index (χ3v) is 2.57. The van der Waals surface area contributed by atoms with Crippen molar-refractivity contribution in [2.75, 3.05) is 30.6 Å². The highest BCUT2D eigenvalue weighted by Crippen LogP contribution is 2.29. The van der Waals surface area contributed by atoms with Crippen LogP contribution in [0.4, 0.5) is 24.8 Å². The van der Waals surface area contributed by atoms with Crippen LogP contribution in [0, 0.1) is 0 Å². The van der Waals surface area contributed by atoms with Crippen molar-refractivity contribution in [3.63, 3.8) is 0 Å². The topological polar surface area (TPSA) is 76.3 Å². The Morgan fingerprint density at radius 1 is 1.40 bits per heavy atom. The Labute approximate surface area is 115 Å². The number of rotatable bonds is 6. The highest BCUT2D eigenvalue weighted by Gasteiger charge is 2.36. The maximum atomic E-state index is 12.8. The lowest BCUT2D eigenvalue weighted by Crippen LogP contribution is -2.35. The summed E-state index contributed by atoms with van der Waals surface area (Å²) in [6.07, 6.45) is -4.63. The summed E-state index contributed by atoms with van der Waals surface area (Å²) in [5.41, 5.74) is 2.12. The molecule has 0 saturated carbocycles. The van der Waals surface area contributed by atoms with Crippen LogP contribution in [0.15, 0.2) is 6.07 Å². The largest absolute Gasteiger partial charge is 0.451 e. The molecule has 1 aromatic heterocycles. The fourth-order valence-electron chi connectivity index (χ4n) is 1.61. The number of methoxy groups -OCH3 is 1. The van der Waals surface area contributed by atoms with E-state index >= 15 is 0 Å². The van der Waals surface area contributed by atoms with Crippen LogP contribution in [0.2, 0.25) is 0 Å². The zero-order valence-electron chi connectivity index (χ0n) is 11.5. The maximum Gasteiger partial charge on any atom is 0.451 e. The van der Waals surface area contributed by atoms with Gasteiger partial charge in [-0.1, -0.05) is 0 Å². The summed E-state index contributed by atoms with van der Waals surface area (Å²) < 4.78 is 43.2. The first-order valence-corrected chi connectivity index (χ1v) is 5.98. The van der Waals surface area contributed by atoms with Crippen molar-refractivity contribution >= 4 is 11.6 Å². The Bertz CT molecular complexity index is 439. The van der Waals surface area contributed by atoms with Crippen LogP contribution in [0.25, 0.3) is 0 Å². The van der Waals surface area contributed by atoms with Crippen molar-refractivity contribution in [1.29, 1.82) is 0 Å². The molecule has 0 unspecified atom stereocenters. The molecule has 9 heteroatoms. The quantitative estimate of drug-likeness (QED) is 0.613. The first-order valence-electron chi connectivity index (χ1n) is 5.98. The molecule has 0 aliphatic carbocycles. The summed E-state index contributed by atoms with van der Waals surface area (Å²) in [7, 11) is 1.52. The van der Waals surface area contributed by atoms with Gasteiger partial charge in [-0.15, -0.1) is 0 Å². The number of nitrogens with zero attached hydrogens (tertiary/aromatic N) is 3. The first kappa shape index (κ1) is 16.4. The average Bonchev–Trinajstić information content (AvgIpc) is 2.37. The molecule has 0 aliphatic heterocycles. The molecule has 0 saturated heterocycles. The molecule has 0 aliphatic rings. The molecule has 0 spiro atoms. The highest BCUT2D eigenvalue weighted by molar-refractivity contribution is 5.49. The Morgan fingerprint density at radius 3 is 2.50 bits per heavy atom. The Kier molecular flexibility index (Phi) is 5.52.